The number of alkyl halides is 3. The molecule has 0 aliphatic carbocycles. The molecule has 1 aliphatic heterocycles. The Morgan fingerprint density at radius 2 is 1.86 bits per heavy atom. The number of carboxylic acids is 1. The summed E-state index contributed by atoms with van der Waals surface area (Å²) in [7, 11) is 1.59. The van der Waals surface area contributed by atoms with Gasteiger partial charge >= 0.3 is 12.1 Å². The lowest BCUT2D eigenvalue weighted by atomic mass is 10.0. The van der Waals surface area contributed by atoms with Crippen molar-refractivity contribution < 1.29 is 47.2 Å². The normalized spacial score (nSPS) is 16.3. The zero-order valence-electron chi connectivity index (χ0n) is 22.7. The third-order valence-corrected chi connectivity index (χ3v) is 6.78. The summed E-state index contributed by atoms with van der Waals surface area (Å²) in [6.07, 6.45) is -6.14. The molecule has 42 heavy (non-hydrogen) atoms. The molecule has 3 aromatic rings. The molecule has 0 saturated carbocycles. The number of halogens is 4. The highest BCUT2D eigenvalue weighted by atomic mass is 79.9. The summed E-state index contributed by atoms with van der Waals surface area (Å²) in [6, 6.07) is 13.3. The van der Waals surface area contributed by atoms with Crippen LogP contribution in [0, 0.1) is 6.92 Å². The molecule has 0 spiro atoms. The van der Waals surface area contributed by atoms with E-state index in [2.05, 4.69) is 21.2 Å². The number of hydrogen-bond donors (Lipinski definition) is 4. The fourth-order valence-electron chi connectivity index (χ4n) is 4.04. The first-order valence-electron chi connectivity index (χ1n) is 12.5. The number of ether oxygens (including phenoxy) is 2. The average Bonchev–Trinajstić information content (AvgIpc) is 3.03. The minimum Gasteiger partial charge on any atom is -0.496 e. The Morgan fingerprint density at radius 1 is 1.19 bits per heavy atom. The lowest BCUT2D eigenvalue weighted by Gasteiger charge is -2.26. The molecule has 0 radical (unpaired) electrons. The number of aliphatic carboxylic acids is 1. The lowest BCUT2D eigenvalue weighted by Crippen LogP contribution is -2.56. The van der Waals surface area contributed by atoms with Crippen LogP contribution in [0.15, 0.2) is 53.0 Å². The zero-order valence-corrected chi connectivity index (χ0v) is 24.3. The van der Waals surface area contributed by atoms with Crippen molar-refractivity contribution in [1.29, 1.82) is 0 Å². The van der Waals surface area contributed by atoms with Crippen molar-refractivity contribution in [1.82, 2.24) is 5.32 Å². The maximum Gasteiger partial charge on any atom is 0.490 e. The molecule has 1 aliphatic rings. The minimum absolute atomic E-state index is 0.0636. The number of aliphatic hydroxyl groups excluding tert-OH is 1. The molecule has 3 aromatic carbocycles. The van der Waals surface area contributed by atoms with E-state index in [0.717, 1.165) is 26.4 Å². The number of carboxylic acid groups (broad SMARTS) is 1. The highest BCUT2D eigenvalue weighted by Crippen LogP contribution is 2.36. The van der Waals surface area contributed by atoms with E-state index < -0.39 is 36.2 Å². The number of methoxy groups -OCH3 is 1. The number of carbonyl (C=O) groups is 3. The number of nitrogens with two attached hydrogens (primary N) is 1. The Balaban J connectivity index is 0.000000616. The Hall–Kier alpha value is -3.88. The molecule has 2 amide bonds. The molecule has 0 fully saturated rings. The van der Waals surface area contributed by atoms with Gasteiger partial charge in [-0.3, -0.25) is 9.59 Å². The second-order valence-corrected chi connectivity index (χ2v) is 10.4. The van der Waals surface area contributed by atoms with E-state index in [0.29, 0.717) is 17.2 Å². The first kappa shape index (κ1) is 32.6. The van der Waals surface area contributed by atoms with Gasteiger partial charge in [-0.05, 0) is 66.6 Å². The Labute approximate surface area is 247 Å². The van der Waals surface area contributed by atoms with Gasteiger partial charge in [-0.25, -0.2) is 4.79 Å². The second kappa shape index (κ2) is 13.4. The van der Waals surface area contributed by atoms with Gasteiger partial charge in [0.15, 0.2) is 0 Å². The summed E-state index contributed by atoms with van der Waals surface area (Å²) in [5.41, 5.74) is 8.14. The van der Waals surface area contributed by atoms with Gasteiger partial charge in [0, 0.05) is 10.0 Å². The van der Waals surface area contributed by atoms with Gasteiger partial charge in [-0.2, -0.15) is 13.2 Å². The molecule has 10 nitrogen and oxygen atoms in total. The smallest absolute Gasteiger partial charge is 0.490 e. The van der Waals surface area contributed by atoms with Gasteiger partial charge < -0.3 is 35.6 Å². The second-order valence-electron chi connectivity index (χ2n) is 9.49. The van der Waals surface area contributed by atoms with Gasteiger partial charge in [-0.1, -0.05) is 28.1 Å². The van der Waals surface area contributed by atoms with Crippen LogP contribution in [0.25, 0.3) is 10.8 Å². The average molecular weight is 656 g/mol. The monoisotopic (exact) mass is 655 g/mol. The number of benzene rings is 3. The summed E-state index contributed by atoms with van der Waals surface area (Å²) in [5.74, 6) is -2.56. The van der Waals surface area contributed by atoms with E-state index in [1.54, 1.807) is 12.0 Å². The van der Waals surface area contributed by atoms with E-state index >= 15 is 0 Å². The number of hydrogen-bond acceptors (Lipinski definition) is 7. The maximum atomic E-state index is 13.7. The molecule has 0 unspecified atom stereocenters. The number of nitrogens with zero attached hydrogens (tertiary/aromatic N) is 1. The van der Waals surface area contributed by atoms with Crippen LogP contribution < -0.4 is 25.4 Å². The Kier molecular flexibility index (Phi) is 10.4. The number of rotatable bonds is 6. The van der Waals surface area contributed by atoms with Crippen LogP contribution in [0.4, 0.5) is 18.9 Å². The van der Waals surface area contributed by atoms with Crippen molar-refractivity contribution in [3.8, 4) is 11.5 Å². The molecule has 14 heteroatoms. The van der Waals surface area contributed by atoms with Crippen LogP contribution in [0.2, 0.25) is 0 Å². The summed E-state index contributed by atoms with van der Waals surface area (Å²) < 4.78 is 44.3. The predicted octanol–water partition coefficient (Wildman–Crippen LogP) is 3.67. The summed E-state index contributed by atoms with van der Waals surface area (Å²) in [4.78, 5) is 36.7. The first-order chi connectivity index (χ1) is 19.6. The summed E-state index contributed by atoms with van der Waals surface area (Å²) >= 11 is 3.51. The predicted molar refractivity (Wildman–Crippen MR) is 151 cm³/mol. The molecule has 226 valence electrons. The van der Waals surface area contributed by atoms with Crippen LogP contribution >= 0.6 is 15.9 Å². The molecule has 3 atom stereocenters. The van der Waals surface area contributed by atoms with Crippen LogP contribution in [0.1, 0.15) is 18.1 Å². The van der Waals surface area contributed by atoms with Crippen LogP contribution in [0.5, 0.6) is 11.5 Å². The van der Waals surface area contributed by atoms with Crippen molar-refractivity contribution in [2.75, 3.05) is 18.6 Å². The maximum absolute atomic E-state index is 13.7. The molecule has 0 saturated heterocycles. The van der Waals surface area contributed by atoms with Gasteiger partial charge in [0.25, 0.3) is 5.91 Å². The van der Waals surface area contributed by atoms with E-state index in [4.69, 9.17) is 25.1 Å². The van der Waals surface area contributed by atoms with E-state index in [1.807, 2.05) is 55.5 Å². The lowest BCUT2D eigenvalue weighted by molar-refractivity contribution is -0.192. The van der Waals surface area contributed by atoms with Gasteiger partial charge in [0.05, 0.1) is 25.4 Å². The van der Waals surface area contributed by atoms with Gasteiger partial charge in [0.1, 0.15) is 30.2 Å². The Morgan fingerprint density at radius 3 is 2.45 bits per heavy atom. The third-order valence-electron chi connectivity index (χ3n) is 6.29. The fraction of sp³-hybridized carbons (Fsp3) is 0.321. The Bertz CT molecular complexity index is 1480. The molecular formula is C28H29BrF3N3O7. The third kappa shape index (κ3) is 7.89. The fourth-order valence-corrected chi connectivity index (χ4v) is 4.42. The van der Waals surface area contributed by atoms with Gasteiger partial charge in [0.2, 0.25) is 5.91 Å². The molecule has 5 N–H and O–H groups in total. The standard InChI is InChI=1S/C26H28BrN3O5.C2HF3O2/c1-14-4-7-21-23(8-14)35-13-20(29-25(32)24(28)15(2)31)26(33)30(21)12-18-9-17-10-19(27)6-5-16(17)11-22(18)34-3;3-2(4,5)1(6)7/h4-11,15,20,24,31H,12-13,28H2,1-3H3,(H,29,32);(H,6,7)/t15-,20+,24+;/m1./s1. The molecule has 0 bridgehead atoms. The number of carbonyl (C=O) groups excluding carboxylic acids is 2. The summed E-state index contributed by atoms with van der Waals surface area (Å²) in [5, 5.41) is 21.5. The van der Waals surface area contributed by atoms with E-state index in [9.17, 15) is 27.9 Å². The molecular weight excluding hydrogens is 627 g/mol. The number of aryl methyl sites for hydroxylation is 1. The molecule has 4 rings (SSSR count). The van der Waals surface area contributed by atoms with Gasteiger partial charge in [-0.15, -0.1) is 0 Å². The van der Waals surface area contributed by atoms with Crippen molar-refractivity contribution in [2.24, 2.45) is 5.73 Å². The minimum atomic E-state index is -5.08. The van der Waals surface area contributed by atoms with Crippen molar-refractivity contribution in [2.45, 2.75) is 44.8 Å². The SMILES string of the molecule is COc1cc2ccc(Br)cc2cc1CN1C(=O)[C@@H](NC(=O)[C@@H](N)[C@@H](C)O)COc2cc(C)ccc21.O=C(O)C(F)(F)F. The number of fused-ring (bicyclic) bond motifs is 2. The van der Waals surface area contributed by atoms with Crippen LogP contribution in [-0.4, -0.2) is 66.1 Å². The number of aliphatic hydroxyl groups is 1. The quantitative estimate of drug-likeness (QED) is 0.314. The van der Waals surface area contributed by atoms with E-state index in [-0.39, 0.29) is 19.1 Å². The summed E-state index contributed by atoms with van der Waals surface area (Å²) in [6.45, 7) is 3.49. The number of nitrogens with one attached hydrogen (secondary N) is 1. The largest absolute Gasteiger partial charge is 0.496 e. The van der Waals surface area contributed by atoms with Crippen LogP contribution in [0.3, 0.4) is 0 Å². The number of amides is 2. The van der Waals surface area contributed by atoms with Crippen LogP contribution in [-0.2, 0) is 20.9 Å². The molecule has 0 aromatic heterocycles. The topological polar surface area (TPSA) is 151 Å². The molecule has 1 heterocycles. The van der Waals surface area contributed by atoms with Crippen molar-refractivity contribution >= 4 is 50.2 Å². The first-order valence-corrected chi connectivity index (χ1v) is 13.3. The number of anilines is 1. The highest BCUT2D eigenvalue weighted by molar-refractivity contribution is 9.10. The van der Waals surface area contributed by atoms with Crippen molar-refractivity contribution in [3.63, 3.8) is 0 Å². The van der Waals surface area contributed by atoms with E-state index in [1.165, 1.54) is 6.92 Å². The zero-order chi connectivity index (χ0) is 31.4. The van der Waals surface area contributed by atoms with Crippen molar-refractivity contribution in [3.05, 3.63) is 64.1 Å². The highest BCUT2D eigenvalue weighted by Gasteiger charge is 2.38.